The molecule has 1 atom stereocenters. The van der Waals surface area contributed by atoms with E-state index in [0.717, 1.165) is 5.56 Å². The number of benzene rings is 1. The molecule has 0 aromatic heterocycles. The Labute approximate surface area is 101 Å². The topological polar surface area (TPSA) is 38.0 Å². The van der Waals surface area contributed by atoms with Gasteiger partial charge in [-0.15, -0.1) is 0 Å². The maximum Gasteiger partial charge on any atom is 0.0693 e. The van der Waals surface area contributed by atoms with E-state index < -0.39 is 0 Å². The first kappa shape index (κ1) is 12.6. The number of nitrogens with two attached hydrogens (primary N) is 1. The highest BCUT2D eigenvalue weighted by Gasteiger charge is 2.11. The van der Waals surface area contributed by atoms with E-state index in [1.54, 1.807) is 0 Å². The van der Waals surface area contributed by atoms with Crippen LogP contribution < -0.4 is 11.1 Å². The minimum Gasteiger partial charge on any atom is -0.396 e. The van der Waals surface area contributed by atoms with Gasteiger partial charge in [0, 0.05) is 12.1 Å². The molecule has 3 N–H and O–H groups in total. The summed E-state index contributed by atoms with van der Waals surface area (Å²) >= 11 is 11.9. The van der Waals surface area contributed by atoms with Gasteiger partial charge in [0.25, 0.3) is 0 Å². The maximum atomic E-state index is 5.96. The summed E-state index contributed by atoms with van der Waals surface area (Å²) in [5.74, 6) is 0. The second-order valence-electron chi connectivity index (χ2n) is 3.94. The van der Waals surface area contributed by atoms with Crippen molar-refractivity contribution < 1.29 is 0 Å². The van der Waals surface area contributed by atoms with Gasteiger partial charge in [0.1, 0.15) is 0 Å². The Hall–Kier alpha value is -0.440. The van der Waals surface area contributed by atoms with Crippen molar-refractivity contribution in [2.45, 2.75) is 32.9 Å². The minimum absolute atomic E-state index is 0.209. The molecule has 0 fully saturated rings. The van der Waals surface area contributed by atoms with E-state index in [4.69, 9.17) is 28.9 Å². The first-order valence-corrected chi connectivity index (χ1v) is 5.68. The third-order valence-electron chi connectivity index (χ3n) is 2.18. The molecule has 0 saturated carbocycles. The van der Waals surface area contributed by atoms with Crippen LogP contribution in [0, 0.1) is 0 Å². The Bertz CT molecular complexity index is 327. The highest BCUT2D eigenvalue weighted by molar-refractivity contribution is 6.38. The van der Waals surface area contributed by atoms with Gasteiger partial charge in [-0.3, -0.25) is 0 Å². The van der Waals surface area contributed by atoms with Gasteiger partial charge in [-0.25, -0.2) is 0 Å². The molecular weight excluding hydrogens is 231 g/mol. The first-order chi connectivity index (χ1) is 6.91. The molecule has 0 amide bonds. The summed E-state index contributed by atoms with van der Waals surface area (Å²) in [5, 5.41) is 4.39. The molecule has 0 aliphatic rings. The number of rotatable bonds is 3. The molecule has 0 aliphatic heterocycles. The lowest BCUT2D eigenvalue weighted by Gasteiger charge is -2.18. The fourth-order valence-electron chi connectivity index (χ4n) is 1.45. The van der Waals surface area contributed by atoms with Gasteiger partial charge < -0.3 is 11.1 Å². The zero-order chi connectivity index (χ0) is 11.6. The zero-order valence-electron chi connectivity index (χ0n) is 9.14. The van der Waals surface area contributed by atoms with Crippen molar-refractivity contribution in [1.82, 2.24) is 5.32 Å². The molecule has 0 aliphatic carbocycles. The molecule has 1 aromatic rings. The van der Waals surface area contributed by atoms with Crippen LogP contribution in [0.1, 0.15) is 32.4 Å². The lowest BCUT2D eigenvalue weighted by Crippen LogP contribution is -2.26. The lowest BCUT2D eigenvalue weighted by atomic mass is 10.1. The van der Waals surface area contributed by atoms with Crippen LogP contribution in [0.4, 0.5) is 5.69 Å². The predicted molar refractivity (Wildman–Crippen MR) is 67.6 cm³/mol. The molecule has 1 unspecified atom stereocenters. The van der Waals surface area contributed by atoms with Gasteiger partial charge in [-0.05, 0) is 24.6 Å². The van der Waals surface area contributed by atoms with E-state index in [1.165, 1.54) is 0 Å². The van der Waals surface area contributed by atoms with Crippen LogP contribution in [0.5, 0.6) is 0 Å². The van der Waals surface area contributed by atoms with Gasteiger partial charge in [0.05, 0.1) is 15.7 Å². The molecular formula is C11H16Cl2N2. The summed E-state index contributed by atoms with van der Waals surface area (Å²) in [6.07, 6.45) is 0. The van der Waals surface area contributed by atoms with Crippen molar-refractivity contribution >= 4 is 28.9 Å². The number of halogens is 2. The third-order valence-corrected chi connectivity index (χ3v) is 2.81. The van der Waals surface area contributed by atoms with Gasteiger partial charge in [0.15, 0.2) is 0 Å². The SMILES string of the molecule is CC(C)NC(C)c1cc(Cl)c(N)c(Cl)c1. The molecule has 1 rings (SSSR count). The van der Waals surface area contributed by atoms with Crippen LogP contribution in [0.2, 0.25) is 10.0 Å². The number of nitrogen functional groups attached to an aromatic ring is 1. The molecule has 2 nitrogen and oxygen atoms in total. The van der Waals surface area contributed by atoms with E-state index in [0.29, 0.717) is 21.8 Å². The Balaban J connectivity index is 2.95. The monoisotopic (exact) mass is 246 g/mol. The van der Waals surface area contributed by atoms with E-state index in [2.05, 4.69) is 26.1 Å². The zero-order valence-corrected chi connectivity index (χ0v) is 10.7. The third kappa shape index (κ3) is 3.26. The van der Waals surface area contributed by atoms with E-state index >= 15 is 0 Å². The van der Waals surface area contributed by atoms with Crippen molar-refractivity contribution in [3.05, 3.63) is 27.7 Å². The molecule has 0 radical (unpaired) electrons. The minimum atomic E-state index is 0.209. The smallest absolute Gasteiger partial charge is 0.0693 e. The van der Waals surface area contributed by atoms with Gasteiger partial charge in [-0.1, -0.05) is 37.0 Å². The van der Waals surface area contributed by atoms with Crippen molar-refractivity contribution in [2.24, 2.45) is 0 Å². The second kappa shape index (κ2) is 5.06. The fraction of sp³-hybridized carbons (Fsp3) is 0.455. The van der Waals surface area contributed by atoms with Gasteiger partial charge >= 0.3 is 0 Å². The van der Waals surface area contributed by atoms with E-state index in [-0.39, 0.29) is 6.04 Å². The molecule has 0 saturated heterocycles. The highest BCUT2D eigenvalue weighted by Crippen LogP contribution is 2.31. The molecule has 0 spiro atoms. The summed E-state index contributed by atoms with van der Waals surface area (Å²) < 4.78 is 0. The Kier molecular flexibility index (Phi) is 4.26. The van der Waals surface area contributed by atoms with Gasteiger partial charge in [-0.2, -0.15) is 0 Å². The number of nitrogens with one attached hydrogen (secondary N) is 1. The quantitative estimate of drug-likeness (QED) is 0.800. The molecule has 0 bridgehead atoms. The van der Waals surface area contributed by atoms with Crippen molar-refractivity contribution in [3.8, 4) is 0 Å². The normalized spacial score (nSPS) is 13.2. The van der Waals surface area contributed by atoms with Crippen LogP contribution in [0.3, 0.4) is 0 Å². The number of anilines is 1. The van der Waals surface area contributed by atoms with Crippen LogP contribution in [0.25, 0.3) is 0 Å². The summed E-state index contributed by atoms with van der Waals surface area (Å²) in [5.41, 5.74) is 7.16. The Morgan fingerprint density at radius 3 is 2.00 bits per heavy atom. The van der Waals surface area contributed by atoms with E-state index in [1.807, 2.05) is 12.1 Å². The molecule has 84 valence electrons. The standard InChI is InChI=1S/C11H16Cl2N2/c1-6(2)15-7(3)8-4-9(12)11(14)10(13)5-8/h4-7,15H,14H2,1-3H3. The van der Waals surface area contributed by atoms with Crippen molar-refractivity contribution in [2.75, 3.05) is 5.73 Å². The van der Waals surface area contributed by atoms with Crippen LogP contribution in [-0.2, 0) is 0 Å². The summed E-state index contributed by atoms with van der Waals surface area (Å²) in [4.78, 5) is 0. The first-order valence-electron chi connectivity index (χ1n) is 4.92. The molecule has 4 heteroatoms. The van der Waals surface area contributed by atoms with E-state index in [9.17, 15) is 0 Å². The molecule has 15 heavy (non-hydrogen) atoms. The van der Waals surface area contributed by atoms with Crippen LogP contribution in [-0.4, -0.2) is 6.04 Å². The largest absolute Gasteiger partial charge is 0.396 e. The average molecular weight is 247 g/mol. The summed E-state index contributed by atoms with van der Waals surface area (Å²) in [6, 6.07) is 4.32. The molecule has 0 heterocycles. The number of hydrogen-bond donors (Lipinski definition) is 2. The van der Waals surface area contributed by atoms with Gasteiger partial charge in [0.2, 0.25) is 0 Å². The second-order valence-corrected chi connectivity index (χ2v) is 4.76. The van der Waals surface area contributed by atoms with Crippen molar-refractivity contribution in [3.63, 3.8) is 0 Å². The Morgan fingerprint density at radius 2 is 1.60 bits per heavy atom. The summed E-state index contributed by atoms with van der Waals surface area (Å²) in [7, 11) is 0. The van der Waals surface area contributed by atoms with Crippen LogP contribution in [0.15, 0.2) is 12.1 Å². The van der Waals surface area contributed by atoms with Crippen molar-refractivity contribution in [1.29, 1.82) is 0 Å². The number of hydrogen-bond acceptors (Lipinski definition) is 2. The predicted octanol–water partition coefficient (Wildman–Crippen LogP) is 3.63. The lowest BCUT2D eigenvalue weighted by molar-refractivity contribution is 0.506. The Morgan fingerprint density at radius 1 is 1.13 bits per heavy atom. The summed E-state index contributed by atoms with van der Waals surface area (Å²) in [6.45, 7) is 6.26. The van der Waals surface area contributed by atoms with Crippen LogP contribution >= 0.6 is 23.2 Å². The maximum absolute atomic E-state index is 5.96. The average Bonchev–Trinajstić information content (AvgIpc) is 2.12. The fourth-order valence-corrected chi connectivity index (χ4v) is 1.95. The highest BCUT2D eigenvalue weighted by atomic mass is 35.5. The molecule has 1 aromatic carbocycles.